The Kier molecular flexibility index (Phi) is 4.76. The minimum absolute atomic E-state index is 0.0688. The lowest BCUT2D eigenvalue weighted by Crippen LogP contribution is -2.27. The highest BCUT2D eigenvalue weighted by molar-refractivity contribution is 9.11. The summed E-state index contributed by atoms with van der Waals surface area (Å²) in [5.74, 6) is -0.856. The van der Waals surface area contributed by atoms with Crippen molar-refractivity contribution in [2.45, 2.75) is 6.54 Å². The molecule has 0 N–H and O–H groups in total. The number of rotatable bonds is 3. The van der Waals surface area contributed by atoms with Crippen molar-refractivity contribution in [1.29, 1.82) is 0 Å². The molecule has 0 unspecified atom stereocenters. The van der Waals surface area contributed by atoms with Crippen LogP contribution in [-0.2, 0) is 6.54 Å². The van der Waals surface area contributed by atoms with Crippen molar-refractivity contribution in [3.05, 3.63) is 54.8 Å². The van der Waals surface area contributed by atoms with Gasteiger partial charge < -0.3 is 4.90 Å². The molecule has 6 heteroatoms. The second-order valence-corrected chi connectivity index (χ2v) is 7.16. The minimum atomic E-state index is -0.516. The molecule has 0 aliphatic rings. The van der Waals surface area contributed by atoms with E-state index in [1.54, 1.807) is 30.5 Å². The van der Waals surface area contributed by atoms with Crippen LogP contribution in [0.5, 0.6) is 0 Å². The zero-order chi connectivity index (χ0) is 14.0. The summed E-state index contributed by atoms with van der Waals surface area (Å²) in [5.41, 5.74) is 1.08. The lowest BCUT2D eigenvalue weighted by atomic mass is 10.2. The smallest absolute Gasteiger partial charge is 0.258 e. The number of hydrogen-bond acceptors (Lipinski definition) is 2. The van der Waals surface area contributed by atoms with E-state index in [0.717, 1.165) is 9.35 Å². The number of nitrogens with zero attached hydrogens (tertiary/aromatic N) is 1. The Morgan fingerprint density at radius 1 is 1.42 bits per heavy atom. The molecule has 0 bridgehead atoms. The molecular weight excluding hydrogens is 397 g/mol. The molecule has 0 fully saturated rings. The minimum Gasteiger partial charge on any atom is -0.337 e. The van der Waals surface area contributed by atoms with Gasteiger partial charge in [-0.05, 0) is 61.0 Å². The lowest BCUT2D eigenvalue weighted by Gasteiger charge is -2.17. The Labute approximate surface area is 131 Å². The van der Waals surface area contributed by atoms with Gasteiger partial charge in [-0.2, -0.15) is 0 Å². The summed E-state index contributed by atoms with van der Waals surface area (Å²) in [7, 11) is 1.66. The quantitative estimate of drug-likeness (QED) is 0.724. The van der Waals surface area contributed by atoms with Crippen LogP contribution < -0.4 is 0 Å². The van der Waals surface area contributed by atoms with Crippen molar-refractivity contribution in [1.82, 2.24) is 4.90 Å². The number of amides is 1. The summed E-state index contributed by atoms with van der Waals surface area (Å²) in [5, 5.41) is 1.96. The molecule has 1 heterocycles. The molecule has 2 rings (SSSR count). The van der Waals surface area contributed by atoms with Gasteiger partial charge in [0.15, 0.2) is 0 Å². The standard InChI is InChI=1S/C13H10Br2FNOS/c1-17(6-8-5-11(15)19-7-8)13(18)12-9(14)3-2-4-10(12)16/h2-5,7H,6H2,1H3. The van der Waals surface area contributed by atoms with Crippen LogP contribution >= 0.6 is 43.2 Å². The fourth-order valence-corrected chi connectivity index (χ4v) is 3.38. The zero-order valence-electron chi connectivity index (χ0n) is 9.99. The van der Waals surface area contributed by atoms with Gasteiger partial charge >= 0.3 is 0 Å². The van der Waals surface area contributed by atoms with Gasteiger partial charge in [-0.15, -0.1) is 11.3 Å². The Morgan fingerprint density at radius 3 is 2.74 bits per heavy atom. The van der Waals surface area contributed by atoms with Gasteiger partial charge in [-0.3, -0.25) is 4.79 Å². The number of carbonyl (C=O) groups excluding carboxylic acids is 1. The van der Waals surface area contributed by atoms with Crippen molar-refractivity contribution >= 4 is 49.1 Å². The molecule has 0 aliphatic heterocycles. The van der Waals surface area contributed by atoms with E-state index in [9.17, 15) is 9.18 Å². The van der Waals surface area contributed by atoms with E-state index >= 15 is 0 Å². The first-order chi connectivity index (χ1) is 8.99. The molecule has 0 aliphatic carbocycles. The molecule has 1 aromatic heterocycles. The maximum Gasteiger partial charge on any atom is 0.258 e. The second kappa shape index (κ2) is 6.15. The van der Waals surface area contributed by atoms with E-state index in [1.165, 1.54) is 11.0 Å². The zero-order valence-corrected chi connectivity index (χ0v) is 14.0. The van der Waals surface area contributed by atoms with E-state index in [0.29, 0.717) is 11.0 Å². The van der Waals surface area contributed by atoms with E-state index in [2.05, 4.69) is 31.9 Å². The molecule has 19 heavy (non-hydrogen) atoms. The topological polar surface area (TPSA) is 20.3 Å². The van der Waals surface area contributed by atoms with Crippen molar-refractivity contribution < 1.29 is 9.18 Å². The van der Waals surface area contributed by atoms with Gasteiger partial charge in [0.2, 0.25) is 0 Å². The van der Waals surface area contributed by atoms with Crippen molar-refractivity contribution in [3.63, 3.8) is 0 Å². The van der Waals surface area contributed by atoms with Crippen LogP contribution in [0.4, 0.5) is 4.39 Å². The summed E-state index contributed by atoms with van der Waals surface area (Å²) in [4.78, 5) is 13.7. The summed E-state index contributed by atoms with van der Waals surface area (Å²) in [6.45, 7) is 0.446. The average Bonchev–Trinajstić information content (AvgIpc) is 2.74. The summed E-state index contributed by atoms with van der Waals surface area (Å²) < 4.78 is 15.2. The highest BCUT2D eigenvalue weighted by atomic mass is 79.9. The van der Waals surface area contributed by atoms with Crippen LogP contribution in [0.2, 0.25) is 0 Å². The molecule has 1 aromatic carbocycles. The Morgan fingerprint density at radius 2 is 2.16 bits per heavy atom. The Balaban J connectivity index is 2.19. The van der Waals surface area contributed by atoms with Gasteiger partial charge in [-0.25, -0.2) is 4.39 Å². The third kappa shape index (κ3) is 3.43. The Hall–Kier alpha value is -0.720. The molecule has 0 atom stereocenters. The normalized spacial score (nSPS) is 10.5. The van der Waals surface area contributed by atoms with Gasteiger partial charge in [0, 0.05) is 18.1 Å². The highest BCUT2D eigenvalue weighted by Crippen LogP contribution is 2.24. The van der Waals surface area contributed by atoms with Gasteiger partial charge in [0.1, 0.15) is 5.82 Å². The average molecular weight is 407 g/mol. The number of thiophene rings is 1. The first-order valence-electron chi connectivity index (χ1n) is 5.41. The molecule has 1 amide bonds. The largest absolute Gasteiger partial charge is 0.337 e. The van der Waals surface area contributed by atoms with Crippen molar-refractivity contribution in [2.24, 2.45) is 0 Å². The maximum absolute atomic E-state index is 13.7. The van der Waals surface area contributed by atoms with Crippen LogP contribution in [0.1, 0.15) is 15.9 Å². The first kappa shape index (κ1) is 14.7. The number of benzene rings is 1. The van der Waals surface area contributed by atoms with Crippen molar-refractivity contribution in [3.8, 4) is 0 Å². The maximum atomic E-state index is 13.7. The SMILES string of the molecule is CN(Cc1csc(Br)c1)C(=O)c1c(F)cccc1Br. The molecule has 100 valence electrons. The summed E-state index contributed by atoms with van der Waals surface area (Å²) in [6.07, 6.45) is 0. The highest BCUT2D eigenvalue weighted by Gasteiger charge is 2.19. The van der Waals surface area contributed by atoms with E-state index in [-0.39, 0.29) is 11.5 Å². The molecule has 2 aromatic rings. The molecule has 0 saturated heterocycles. The van der Waals surface area contributed by atoms with E-state index < -0.39 is 5.82 Å². The second-order valence-electron chi connectivity index (χ2n) is 4.02. The fraction of sp³-hybridized carbons (Fsp3) is 0.154. The van der Waals surface area contributed by atoms with Crippen LogP contribution in [0.15, 0.2) is 37.9 Å². The monoisotopic (exact) mass is 405 g/mol. The fourth-order valence-electron chi connectivity index (χ4n) is 1.67. The first-order valence-corrected chi connectivity index (χ1v) is 7.88. The van der Waals surface area contributed by atoms with Gasteiger partial charge in [0.25, 0.3) is 5.91 Å². The van der Waals surface area contributed by atoms with Crippen LogP contribution in [0.3, 0.4) is 0 Å². The molecule has 2 nitrogen and oxygen atoms in total. The van der Waals surface area contributed by atoms with E-state index in [4.69, 9.17) is 0 Å². The summed E-state index contributed by atoms with van der Waals surface area (Å²) in [6, 6.07) is 6.45. The van der Waals surface area contributed by atoms with Crippen molar-refractivity contribution in [2.75, 3.05) is 7.05 Å². The predicted octanol–water partition coefficient (Wildman–Crippen LogP) is 4.68. The number of carbonyl (C=O) groups is 1. The molecule has 0 spiro atoms. The third-order valence-corrected chi connectivity index (χ3v) is 4.78. The Bertz CT molecular complexity index is 594. The van der Waals surface area contributed by atoms with Crippen LogP contribution in [0.25, 0.3) is 0 Å². The third-order valence-electron chi connectivity index (χ3n) is 2.56. The molecule has 0 saturated carbocycles. The van der Waals surface area contributed by atoms with Gasteiger partial charge in [-0.1, -0.05) is 6.07 Å². The van der Waals surface area contributed by atoms with E-state index in [1.807, 2.05) is 11.4 Å². The predicted molar refractivity (Wildman–Crippen MR) is 81.9 cm³/mol. The number of hydrogen-bond donors (Lipinski definition) is 0. The molecule has 0 radical (unpaired) electrons. The lowest BCUT2D eigenvalue weighted by molar-refractivity contribution is 0.0779. The summed E-state index contributed by atoms with van der Waals surface area (Å²) >= 11 is 8.14. The van der Waals surface area contributed by atoms with Crippen LogP contribution in [0, 0.1) is 5.82 Å². The number of halogens is 3. The molecular formula is C13H10Br2FNOS. The van der Waals surface area contributed by atoms with Gasteiger partial charge in [0.05, 0.1) is 9.35 Å². The van der Waals surface area contributed by atoms with Crippen LogP contribution in [-0.4, -0.2) is 17.9 Å².